The fourth-order valence-electron chi connectivity index (χ4n) is 2.68. The van der Waals surface area contributed by atoms with Crippen LogP contribution in [0.25, 0.3) is 10.4 Å². The number of fused-ring (bicyclic) bond motifs is 1. The summed E-state index contributed by atoms with van der Waals surface area (Å²) in [7, 11) is 0. The molecule has 2 aromatic rings. The first-order valence-electron chi connectivity index (χ1n) is 7.07. The highest BCUT2D eigenvalue weighted by molar-refractivity contribution is 6.38. The van der Waals surface area contributed by atoms with Crippen LogP contribution in [-0.4, -0.2) is 16.8 Å². The molecule has 0 spiro atoms. The number of anilines is 1. The maximum absolute atomic E-state index is 12.5. The van der Waals surface area contributed by atoms with E-state index < -0.39 is 23.7 Å². The van der Waals surface area contributed by atoms with E-state index in [0.29, 0.717) is 5.69 Å². The highest BCUT2D eigenvalue weighted by atomic mass is 35.5. The van der Waals surface area contributed by atoms with Crippen molar-refractivity contribution < 1.29 is 14.7 Å². The highest BCUT2D eigenvalue weighted by Gasteiger charge is 2.49. The number of amides is 1. The molecule has 1 atom stereocenters. The molecule has 7 nitrogen and oxygen atoms in total. The van der Waals surface area contributed by atoms with Gasteiger partial charge in [-0.3, -0.25) is 9.59 Å². The molecule has 2 N–H and O–H groups in total. The Hall–Kier alpha value is -2.57. The Morgan fingerprint density at radius 3 is 2.48 bits per heavy atom. The third-order valence-corrected chi connectivity index (χ3v) is 4.53. The Morgan fingerprint density at radius 2 is 1.84 bits per heavy atom. The Kier molecular flexibility index (Phi) is 4.41. The molecule has 0 aromatic heterocycles. The van der Waals surface area contributed by atoms with Gasteiger partial charge in [-0.25, -0.2) is 0 Å². The lowest BCUT2D eigenvalue weighted by atomic mass is 9.88. The summed E-state index contributed by atoms with van der Waals surface area (Å²) in [6.45, 7) is 0. The van der Waals surface area contributed by atoms with Gasteiger partial charge in [0.2, 0.25) is 0 Å². The summed E-state index contributed by atoms with van der Waals surface area (Å²) in [6, 6.07) is 8.76. The first-order chi connectivity index (χ1) is 11.9. The zero-order valence-electron chi connectivity index (χ0n) is 12.5. The van der Waals surface area contributed by atoms with Gasteiger partial charge >= 0.3 is 0 Å². The molecule has 25 heavy (non-hydrogen) atoms. The van der Waals surface area contributed by atoms with E-state index in [9.17, 15) is 14.7 Å². The number of rotatable bonds is 4. The van der Waals surface area contributed by atoms with Crippen LogP contribution in [-0.2, 0) is 10.4 Å². The summed E-state index contributed by atoms with van der Waals surface area (Å²) < 4.78 is 0. The van der Waals surface area contributed by atoms with Crippen LogP contribution in [0.15, 0.2) is 41.5 Å². The second-order valence-electron chi connectivity index (χ2n) is 5.43. The molecule has 0 aliphatic carbocycles. The smallest absolute Gasteiger partial charge is 0.261 e. The maximum atomic E-state index is 12.5. The lowest BCUT2D eigenvalue weighted by Crippen LogP contribution is -2.36. The number of benzene rings is 2. The summed E-state index contributed by atoms with van der Waals surface area (Å²) in [4.78, 5) is 27.4. The van der Waals surface area contributed by atoms with Crippen molar-refractivity contribution in [3.63, 3.8) is 0 Å². The Balaban J connectivity index is 1.95. The first-order valence-corrected chi connectivity index (χ1v) is 7.83. The van der Waals surface area contributed by atoms with Crippen LogP contribution in [0.3, 0.4) is 0 Å². The van der Waals surface area contributed by atoms with Gasteiger partial charge in [-0.15, -0.1) is 0 Å². The van der Waals surface area contributed by atoms with Crippen molar-refractivity contribution in [1.82, 2.24) is 0 Å². The van der Waals surface area contributed by atoms with Crippen LogP contribution < -0.4 is 5.32 Å². The van der Waals surface area contributed by atoms with E-state index in [4.69, 9.17) is 28.7 Å². The normalized spacial score (nSPS) is 18.3. The molecule has 1 unspecified atom stereocenters. The van der Waals surface area contributed by atoms with Crippen LogP contribution in [0, 0.1) is 0 Å². The van der Waals surface area contributed by atoms with Crippen molar-refractivity contribution in [1.29, 1.82) is 0 Å². The summed E-state index contributed by atoms with van der Waals surface area (Å²) in [5, 5.41) is 17.1. The summed E-state index contributed by atoms with van der Waals surface area (Å²) >= 11 is 12.1. The lowest BCUT2D eigenvalue weighted by Gasteiger charge is -2.21. The molecule has 0 radical (unpaired) electrons. The third-order valence-electron chi connectivity index (χ3n) is 3.90. The second-order valence-corrected chi connectivity index (χ2v) is 6.24. The van der Waals surface area contributed by atoms with Gasteiger partial charge in [-0.2, -0.15) is 0 Å². The number of hydrogen-bond donors (Lipinski definition) is 2. The molecule has 1 heterocycles. The Bertz CT molecular complexity index is 939. The van der Waals surface area contributed by atoms with Crippen molar-refractivity contribution in [2.45, 2.75) is 12.0 Å². The fraction of sp³-hybridized carbons (Fsp3) is 0.125. The first kappa shape index (κ1) is 17.3. The molecular weight excluding hydrogens is 367 g/mol. The highest BCUT2D eigenvalue weighted by Crippen LogP contribution is 2.46. The summed E-state index contributed by atoms with van der Waals surface area (Å²) in [5.74, 6) is -1.24. The number of nitrogens with zero attached hydrogens (tertiary/aromatic N) is 3. The second kappa shape index (κ2) is 6.38. The van der Waals surface area contributed by atoms with Gasteiger partial charge in [0.15, 0.2) is 11.4 Å². The van der Waals surface area contributed by atoms with Gasteiger partial charge in [-0.1, -0.05) is 52.6 Å². The minimum Gasteiger partial charge on any atom is -0.375 e. The van der Waals surface area contributed by atoms with Gasteiger partial charge in [0, 0.05) is 26.7 Å². The quantitative estimate of drug-likeness (QED) is 0.357. The molecule has 2 aromatic carbocycles. The molecule has 1 amide bonds. The van der Waals surface area contributed by atoms with Crippen molar-refractivity contribution in [3.8, 4) is 0 Å². The number of ketones is 1. The predicted octanol–water partition coefficient (Wildman–Crippen LogP) is 4.35. The molecule has 0 fully saturated rings. The van der Waals surface area contributed by atoms with E-state index in [0.717, 1.165) is 0 Å². The largest absolute Gasteiger partial charge is 0.375 e. The molecule has 0 saturated heterocycles. The van der Waals surface area contributed by atoms with Gasteiger partial charge in [0.25, 0.3) is 5.91 Å². The van der Waals surface area contributed by atoms with Crippen LogP contribution in [0.5, 0.6) is 0 Å². The van der Waals surface area contributed by atoms with Crippen LogP contribution in [0.1, 0.15) is 22.3 Å². The Morgan fingerprint density at radius 1 is 1.20 bits per heavy atom. The Labute approximate surface area is 151 Å². The maximum Gasteiger partial charge on any atom is 0.261 e. The van der Waals surface area contributed by atoms with E-state index in [-0.39, 0.29) is 26.9 Å². The van der Waals surface area contributed by atoms with E-state index in [2.05, 4.69) is 15.3 Å². The summed E-state index contributed by atoms with van der Waals surface area (Å²) in [5.41, 5.74) is 7.16. The van der Waals surface area contributed by atoms with E-state index in [1.807, 2.05) is 0 Å². The number of carbonyl (C=O) groups is 2. The number of aliphatic hydroxyl groups is 1. The standard InChI is InChI=1S/C16H10Cl2N4O3/c17-10-5-6-11(18)14-13(10)16(25,15(24)20-14)7-12(23)8-1-3-9(4-2-8)21-22-19/h1-6,25H,7H2,(H,20,24). The summed E-state index contributed by atoms with van der Waals surface area (Å²) in [6.07, 6.45) is -0.507. The van der Waals surface area contributed by atoms with E-state index in [1.54, 1.807) is 0 Å². The van der Waals surface area contributed by atoms with Crippen LogP contribution in [0.2, 0.25) is 10.0 Å². The predicted molar refractivity (Wildman–Crippen MR) is 93.2 cm³/mol. The van der Waals surface area contributed by atoms with Crippen molar-refractivity contribution in [2.75, 3.05) is 5.32 Å². The van der Waals surface area contributed by atoms with E-state index >= 15 is 0 Å². The topological polar surface area (TPSA) is 115 Å². The molecule has 126 valence electrons. The monoisotopic (exact) mass is 376 g/mol. The molecule has 1 aliphatic heterocycles. The minimum absolute atomic E-state index is 0.0886. The average molecular weight is 377 g/mol. The molecule has 9 heteroatoms. The van der Waals surface area contributed by atoms with E-state index in [1.165, 1.54) is 36.4 Å². The van der Waals surface area contributed by atoms with Gasteiger partial charge in [0.05, 0.1) is 17.1 Å². The van der Waals surface area contributed by atoms with Crippen LogP contribution in [0.4, 0.5) is 11.4 Å². The zero-order valence-corrected chi connectivity index (χ0v) is 14.0. The molecular formula is C16H10Cl2N4O3. The number of halogens is 2. The SMILES string of the molecule is [N-]=[N+]=Nc1ccc(C(=O)CC2(O)C(=O)Nc3c(Cl)ccc(Cl)c32)cc1. The van der Waals surface area contributed by atoms with Crippen molar-refractivity contribution in [2.24, 2.45) is 5.11 Å². The number of nitrogens with one attached hydrogen (secondary N) is 1. The van der Waals surface area contributed by atoms with Crippen molar-refractivity contribution in [3.05, 3.63) is 68.0 Å². The zero-order chi connectivity index (χ0) is 18.2. The van der Waals surface area contributed by atoms with Gasteiger partial charge in [0.1, 0.15) is 0 Å². The van der Waals surface area contributed by atoms with Gasteiger partial charge < -0.3 is 10.4 Å². The molecule has 0 saturated carbocycles. The lowest BCUT2D eigenvalue weighted by molar-refractivity contribution is -0.133. The number of Topliss-reactive ketones (excluding diaryl/α,β-unsaturated/α-hetero) is 1. The van der Waals surface area contributed by atoms with Crippen molar-refractivity contribution >= 4 is 46.3 Å². The molecule has 1 aliphatic rings. The molecule has 0 bridgehead atoms. The third kappa shape index (κ3) is 2.94. The minimum atomic E-state index is -2.11. The fourth-order valence-corrected chi connectivity index (χ4v) is 3.20. The number of carbonyl (C=O) groups excluding carboxylic acids is 2. The number of azide groups is 1. The number of hydrogen-bond acceptors (Lipinski definition) is 4. The molecule has 3 rings (SSSR count). The van der Waals surface area contributed by atoms with Gasteiger partial charge in [-0.05, 0) is 17.7 Å². The van der Waals surface area contributed by atoms with Crippen LogP contribution >= 0.6 is 23.2 Å². The average Bonchev–Trinajstić information content (AvgIpc) is 2.84.